The first-order valence-corrected chi connectivity index (χ1v) is 8.61. The summed E-state index contributed by atoms with van der Waals surface area (Å²) in [5.74, 6) is -0.386. The number of carbonyl (C=O) groups is 2. The van der Waals surface area contributed by atoms with E-state index in [1.165, 1.54) is 11.3 Å². The third kappa shape index (κ3) is 4.57. The van der Waals surface area contributed by atoms with Crippen LogP contribution in [0.25, 0.3) is 11.3 Å². The smallest absolute Gasteiger partial charge is 0.308 e. The van der Waals surface area contributed by atoms with E-state index in [9.17, 15) is 14.7 Å². The maximum Gasteiger partial charge on any atom is 0.308 e. The highest BCUT2D eigenvalue weighted by atomic mass is 32.1. The van der Waals surface area contributed by atoms with Gasteiger partial charge >= 0.3 is 5.97 Å². The number of ether oxygens (including phenoxy) is 1. The molecule has 2 rings (SSSR count). The van der Waals surface area contributed by atoms with Crippen molar-refractivity contribution in [3.05, 3.63) is 28.6 Å². The molecule has 0 saturated carbocycles. The fourth-order valence-electron chi connectivity index (χ4n) is 2.19. The third-order valence-electron chi connectivity index (χ3n) is 3.60. The molecule has 0 aliphatic heterocycles. The summed E-state index contributed by atoms with van der Waals surface area (Å²) >= 11 is 1.19. The van der Waals surface area contributed by atoms with Gasteiger partial charge in [-0.25, -0.2) is 4.98 Å². The number of nitrogens with zero attached hydrogens (tertiary/aromatic N) is 1. The largest absolute Gasteiger partial charge is 0.497 e. The molecule has 1 amide bonds. The Bertz CT molecular complexity index is 806. The van der Waals surface area contributed by atoms with Crippen LogP contribution in [0.2, 0.25) is 0 Å². The summed E-state index contributed by atoms with van der Waals surface area (Å²) in [7, 11) is 1.59. The summed E-state index contributed by atoms with van der Waals surface area (Å²) in [5.41, 5.74) is 1.76. The van der Waals surface area contributed by atoms with Gasteiger partial charge in [0.05, 0.1) is 19.2 Å². The molecule has 25 heavy (non-hydrogen) atoms. The van der Waals surface area contributed by atoms with E-state index in [1.54, 1.807) is 13.2 Å². The van der Waals surface area contributed by atoms with Crippen LogP contribution in [0.4, 0.5) is 5.13 Å². The van der Waals surface area contributed by atoms with Gasteiger partial charge in [-0.05, 0) is 30.7 Å². The first-order chi connectivity index (χ1) is 11.6. The fourth-order valence-corrected chi connectivity index (χ4v) is 3.15. The lowest BCUT2D eigenvalue weighted by Crippen LogP contribution is -2.27. The number of hydrogen-bond acceptors (Lipinski definition) is 5. The number of carboxylic acid groups (broad SMARTS) is 1. The molecule has 6 nitrogen and oxygen atoms in total. The summed E-state index contributed by atoms with van der Waals surface area (Å²) in [6, 6.07) is 5.52. The van der Waals surface area contributed by atoms with Gasteiger partial charge in [0.25, 0.3) is 0 Å². The van der Waals surface area contributed by atoms with Gasteiger partial charge in [0.2, 0.25) is 5.91 Å². The topological polar surface area (TPSA) is 88.5 Å². The zero-order valence-corrected chi connectivity index (χ0v) is 15.8. The van der Waals surface area contributed by atoms with Gasteiger partial charge in [-0.15, -0.1) is 11.3 Å². The molecular weight excluding hydrogens is 340 g/mol. The van der Waals surface area contributed by atoms with E-state index in [-0.39, 0.29) is 12.3 Å². The van der Waals surface area contributed by atoms with Gasteiger partial charge in [0, 0.05) is 15.9 Å². The highest BCUT2D eigenvalue weighted by molar-refractivity contribution is 7.16. The number of aryl methyl sites for hydroxylation is 1. The number of nitrogens with one attached hydrogen (secondary N) is 1. The van der Waals surface area contributed by atoms with Crippen LogP contribution < -0.4 is 10.1 Å². The summed E-state index contributed by atoms with van der Waals surface area (Å²) in [4.78, 5) is 28.5. The van der Waals surface area contributed by atoms with Crippen LogP contribution in [-0.4, -0.2) is 29.1 Å². The Morgan fingerprint density at radius 3 is 2.52 bits per heavy atom. The van der Waals surface area contributed by atoms with Crippen LogP contribution in [0.3, 0.4) is 0 Å². The Hall–Kier alpha value is -2.41. The molecule has 0 spiro atoms. The van der Waals surface area contributed by atoms with Crippen molar-refractivity contribution in [1.82, 2.24) is 4.98 Å². The minimum atomic E-state index is -0.940. The van der Waals surface area contributed by atoms with Crippen molar-refractivity contribution in [2.45, 2.75) is 34.1 Å². The molecule has 0 unspecified atom stereocenters. The average molecular weight is 362 g/mol. The second-order valence-corrected chi connectivity index (χ2v) is 7.83. The van der Waals surface area contributed by atoms with Crippen LogP contribution in [0.5, 0.6) is 5.75 Å². The SMILES string of the molecule is COc1ccc(-c2nc(NC(=O)C(C)(C)C)sc2CC(=O)O)c(C)c1. The van der Waals surface area contributed by atoms with Crippen molar-refractivity contribution < 1.29 is 19.4 Å². The molecule has 0 aliphatic rings. The van der Waals surface area contributed by atoms with Crippen LogP contribution in [-0.2, 0) is 16.0 Å². The fraction of sp³-hybridized carbons (Fsp3) is 0.389. The summed E-state index contributed by atoms with van der Waals surface area (Å²) in [6.07, 6.45) is -0.149. The van der Waals surface area contributed by atoms with Gasteiger partial charge in [-0.1, -0.05) is 20.8 Å². The molecule has 0 aliphatic carbocycles. The molecule has 0 saturated heterocycles. The third-order valence-corrected chi connectivity index (χ3v) is 4.57. The van der Waals surface area contributed by atoms with E-state index in [0.717, 1.165) is 16.9 Å². The van der Waals surface area contributed by atoms with Gasteiger partial charge in [-0.3, -0.25) is 9.59 Å². The summed E-state index contributed by atoms with van der Waals surface area (Å²) in [6.45, 7) is 7.34. The number of thiazole rings is 1. The number of aromatic nitrogens is 1. The molecule has 1 aromatic heterocycles. The maximum atomic E-state index is 12.2. The number of carbonyl (C=O) groups excluding carboxylic acids is 1. The molecule has 0 fully saturated rings. The second kappa shape index (κ2) is 7.23. The van der Waals surface area contributed by atoms with Crippen molar-refractivity contribution in [2.24, 2.45) is 5.41 Å². The van der Waals surface area contributed by atoms with Crippen molar-refractivity contribution in [3.63, 3.8) is 0 Å². The number of methoxy groups -OCH3 is 1. The Balaban J connectivity index is 2.45. The molecule has 134 valence electrons. The molecular formula is C18H22N2O4S. The van der Waals surface area contributed by atoms with Gasteiger partial charge < -0.3 is 15.2 Å². The predicted molar refractivity (Wildman–Crippen MR) is 98.3 cm³/mol. The second-order valence-electron chi connectivity index (χ2n) is 6.75. The average Bonchev–Trinajstić information content (AvgIpc) is 2.87. The number of rotatable bonds is 5. The normalized spacial score (nSPS) is 11.2. The Labute approximate surface area is 150 Å². The van der Waals surface area contributed by atoms with E-state index in [1.807, 2.05) is 39.8 Å². The zero-order chi connectivity index (χ0) is 18.8. The number of anilines is 1. The quantitative estimate of drug-likeness (QED) is 0.846. The first kappa shape index (κ1) is 18.9. The van der Waals surface area contributed by atoms with E-state index in [2.05, 4.69) is 10.3 Å². The van der Waals surface area contributed by atoms with Gasteiger partial charge in [0.15, 0.2) is 5.13 Å². The van der Waals surface area contributed by atoms with Crippen molar-refractivity contribution in [1.29, 1.82) is 0 Å². The lowest BCUT2D eigenvalue weighted by atomic mass is 9.96. The van der Waals surface area contributed by atoms with E-state index >= 15 is 0 Å². The molecule has 2 N–H and O–H groups in total. The lowest BCUT2D eigenvalue weighted by Gasteiger charge is -2.15. The molecule has 0 bridgehead atoms. The Kier molecular flexibility index (Phi) is 5.47. The highest BCUT2D eigenvalue weighted by Gasteiger charge is 2.24. The standard InChI is InChI=1S/C18H22N2O4S/c1-10-8-11(24-5)6-7-12(10)15-13(9-14(21)22)25-17(19-15)20-16(23)18(2,3)4/h6-8H,9H2,1-5H3,(H,21,22)(H,19,20,23). The van der Waals surface area contributed by atoms with Crippen molar-refractivity contribution in [3.8, 4) is 17.0 Å². The van der Waals surface area contributed by atoms with Gasteiger partial charge in [0.1, 0.15) is 5.75 Å². The number of amides is 1. The Morgan fingerprint density at radius 1 is 1.32 bits per heavy atom. The van der Waals surface area contributed by atoms with Crippen LogP contribution in [0.1, 0.15) is 31.2 Å². The van der Waals surface area contributed by atoms with Crippen LogP contribution in [0.15, 0.2) is 18.2 Å². The molecule has 0 radical (unpaired) electrons. The number of hydrogen-bond donors (Lipinski definition) is 2. The summed E-state index contributed by atoms with van der Waals surface area (Å²) in [5, 5.41) is 12.4. The first-order valence-electron chi connectivity index (χ1n) is 7.79. The number of benzene rings is 1. The van der Waals surface area contributed by atoms with Gasteiger partial charge in [-0.2, -0.15) is 0 Å². The molecule has 0 atom stereocenters. The molecule has 1 heterocycles. The lowest BCUT2D eigenvalue weighted by molar-refractivity contribution is -0.136. The maximum absolute atomic E-state index is 12.2. The number of carboxylic acids is 1. The van der Waals surface area contributed by atoms with E-state index < -0.39 is 11.4 Å². The predicted octanol–water partition coefficient (Wildman–Crippen LogP) is 3.74. The zero-order valence-electron chi connectivity index (χ0n) is 15.0. The monoisotopic (exact) mass is 362 g/mol. The Morgan fingerprint density at radius 2 is 2.00 bits per heavy atom. The minimum Gasteiger partial charge on any atom is -0.497 e. The van der Waals surface area contributed by atoms with Crippen LogP contribution >= 0.6 is 11.3 Å². The molecule has 2 aromatic rings. The molecule has 7 heteroatoms. The summed E-state index contributed by atoms with van der Waals surface area (Å²) < 4.78 is 5.21. The molecule has 1 aromatic carbocycles. The van der Waals surface area contributed by atoms with Crippen molar-refractivity contribution in [2.75, 3.05) is 12.4 Å². The van der Waals surface area contributed by atoms with Crippen LogP contribution in [0, 0.1) is 12.3 Å². The van der Waals surface area contributed by atoms with Crippen molar-refractivity contribution >= 4 is 28.3 Å². The minimum absolute atomic E-state index is 0.149. The highest BCUT2D eigenvalue weighted by Crippen LogP contribution is 2.35. The van der Waals surface area contributed by atoms with E-state index in [4.69, 9.17) is 4.74 Å². The number of aliphatic carboxylic acids is 1. The van der Waals surface area contributed by atoms with E-state index in [0.29, 0.717) is 15.7 Å².